The van der Waals surface area contributed by atoms with E-state index < -0.39 is 11.9 Å². The number of alkyl halides is 4. The van der Waals surface area contributed by atoms with E-state index >= 15 is 0 Å². The minimum absolute atomic E-state index is 0.127. The average molecular weight is 561 g/mol. The van der Waals surface area contributed by atoms with Crippen LogP contribution in [0.5, 0.6) is 11.6 Å². The predicted octanol–water partition coefficient (Wildman–Crippen LogP) is 8.11. The highest BCUT2D eigenvalue weighted by molar-refractivity contribution is 14.1. The molecule has 3 aromatic rings. The number of nitrogens with zero attached hydrogens (tertiary/aromatic N) is 2. The van der Waals surface area contributed by atoms with Gasteiger partial charge in [0.25, 0.3) is 0 Å². The molecule has 0 bridgehead atoms. The molecule has 0 radical (unpaired) electrons. The van der Waals surface area contributed by atoms with Gasteiger partial charge in [-0.05, 0) is 38.0 Å². The number of benzene rings is 1. The minimum Gasteiger partial charge on any atom is -0.437 e. The van der Waals surface area contributed by atoms with Gasteiger partial charge in [-0.1, -0.05) is 61.1 Å². The van der Waals surface area contributed by atoms with Crippen LogP contribution in [0, 0.1) is 0 Å². The van der Waals surface area contributed by atoms with Gasteiger partial charge in [0.1, 0.15) is 11.4 Å². The Morgan fingerprint density at radius 1 is 1.13 bits per heavy atom. The number of halogens is 4. The van der Waals surface area contributed by atoms with Crippen molar-refractivity contribution in [3.05, 3.63) is 58.7 Å². The molecule has 1 aromatic carbocycles. The molecule has 31 heavy (non-hydrogen) atoms. The van der Waals surface area contributed by atoms with Crippen molar-refractivity contribution < 1.29 is 17.9 Å². The van der Waals surface area contributed by atoms with Gasteiger partial charge in [-0.25, -0.2) is 9.97 Å². The van der Waals surface area contributed by atoms with Crippen LogP contribution in [0.4, 0.5) is 24.0 Å². The monoisotopic (exact) mass is 561 g/mol. The Labute approximate surface area is 197 Å². The highest BCUT2D eigenvalue weighted by Crippen LogP contribution is 2.43. The summed E-state index contributed by atoms with van der Waals surface area (Å²) in [5.41, 5.74) is 0.642. The van der Waals surface area contributed by atoms with Gasteiger partial charge in [-0.2, -0.15) is 13.2 Å². The van der Waals surface area contributed by atoms with Crippen LogP contribution in [0.2, 0.25) is 0 Å². The first-order chi connectivity index (χ1) is 14.7. The molecule has 0 aliphatic rings. The van der Waals surface area contributed by atoms with Crippen molar-refractivity contribution in [1.29, 1.82) is 0 Å². The van der Waals surface area contributed by atoms with Crippen LogP contribution in [0.1, 0.15) is 49.7 Å². The molecule has 0 spiro atoms. The molecule has 0 fully saturated rings. The lowest BCUT2D eigenvalue weighted by atomic mass is 9.95. The van der Waals surface area contributed by atoms with Crippen molar-refractivity contribution >= 4 is 44.7 Å². The second kappa shape index (κ2) is 9.72. The SMILES string of the molecule is CCCC(C)(I)c1ccccc1Oc1ncccc1Nc1nc(C(F)(F)F)c(CC)s1. The molecular weight excluding hydrogens is 538 g/mol. The number of para-hydroxylation sites is 1. The zero-order valence-corrected chi connectivity index (χ0v) is 20.4. The second-order valence-corrected chi connectivity index (χ2v) is 10.6. The number of aromatic nitrogens is 2. The molecule has 2 heterocycles. The molecule has 0 aliphatic heterocycles. The first kappa shape index (κ1) is 23.8. The van der Waals surface area contributed by atoms with E-state index in [4.69, 9.17) is 4.74 Å². The molecule has 4 nitrogen and oxygen atoms in total. The van der Waals surface area contributed by atoms with Gasteiger partial charge in [0, 0.05) is 20.1 Å². The fraction of sp³-hybridized carbons (Fsp3) is 0.364. The van der Waals surface area contributed by atoms with Crippen molar-refractivity contribution in [3.63, 3.8) is 0 Å². The molecule has 1 N–H and O–H groups in total. The fourth-order valence-corrected chi connectivity index (χ4v) is 5.16. The van der Waals surface area contributed by atoms with Gasteiger partial charge in [-0.3, -0.25) is 0 Å². The van der Waals surface area contributed by atoms with E-state index in [9.17, 15) is 13.2 Å². The van der Waals surface area contributed by atoms with Crippen LogP contribution in [-0.4, -0.2) is 9.97 Å². The summed E-state index contributed by atoms with van der Waals surface area (Å²) in [5.74, 6) is 0.944. The maximum Gasteiger partial charge on any atom is 0.434 e. The first-order valence-corrected chi connectivity index (χ1v) is 11.8. The van der Waals surface area contributed by atoms with Crippen LogP contribution >= 0.6 is 33.9 Å². The summed E-state index contributed by atoms with van der Waals surface area (Å²) in [6.45, 7) is 5.96. The van der Waals surface area contributed by atoms with Crippen LogP contribution in [0.3, 0.4) is 0 Å². The molecule has 9 heteroatoms. The Balaban J connectivity index is 1.93. The Morgan fingerprint density at radius 3 is 2.52 bits per heavy atom. The van der Waals surface area contributed by atoms with Crippen molar-refractivity contribution in [2.45, 2.75) is 49.6 Å². The standard InChI is InChI=1S/C22H23F3IN3OS/c1-4-12-21(3,26)14-9-6-7-11-16(14)30-19-15(10-8-13-27-19)28-20-29-18(22(23,24)25)17(5-2)31-20/h6-11,13H,4-5,12H2,1-3H3,(H,28,29). The van der Waals surface area contributed by atoms with Gasteiger partial charge in [0.2, 0.25) is 5.88 Å². The number of pyridine rings is 1. The van der Waals surface area contributed by atoms with Gasteiger partial charge in [-0.15, -0.1) is 11.3 Å². The lowest BCUT2D eigenvalue weighted by Gasteiger charge is -2.25. The Hall–Kier alpha value is -1.88. The molecule has 2 aromatic heterocycles. The van der Waals surface area contributed by atoms with Crippen LogP contribution in [0.15, 0.2) is 42.6 Å². The molecule has 0 aliphatic carbocycles. The summed E-state index contributed by atoms with van der Waals surface area (Å²) in [7, 11) is 0. The number of ether oxygens (including phenoxy) is 1. The van der Waals surface area contributed by atoms with E-state index in [-0.39, 0.29) is 25.7 Å². The first-order valence-electron chi connectivity index (χ1n) is 9.91. The van der Waals surface area contributed by atoms with E-state index in [0.29, 0.717) is 11.4 Å². The minimum atomic E-state index is -4.49. The van der Waals surface area contributed by atoms with Crippen molar-refractivity contribution in [2.24, 2.45) is 0 Å². The molecule has 0 saturated carbocycles. The lowest BCUT2D eigenvalue weighted by Crippen LogP contribution is -2.13. The summed E-state index contributed by atoms with van der Waals surface area (Å²) < 4.78 is 45.8. The zero-order chi connectivity index (χ0) is 22.6. The topological polar surface area (TPSA) is 47.0 Å². The molecular formula is C22H23F3IN3OS. The number of aryl methyl sites for hydroxylation is 1. The van der Waals surface area contributed by atoms with Crippen molar-refractivity contribution in [3.8, 4) is 11.6 Å². The Bertz CT molecular complexity index is 1040. The average Bonchev–Trinajstić information content (AvgIpc) is 3.13. The summed E-state index contributed by atoms with van der Waals surface area (Å²) in [5, 5.41) is 3.11. The van der Waals surface area contributed by atoms with Gasteiger partial charge >= 0.3 is 6.18 Å². The van der Waals surface area contributed by atoms with Crippen molar-refractivity contribution in [2.75, 3.05) is 5.32 Å². The Morgan fingerprint density at radius 2 is 1.87 bits per heavy atom. The third-order valence-electron chi connectivity index (χ3n) is 4.67. The normalized spacial score (nSPS) is 13.6. The zero-order valence-electron chi connectivity index (χ0n) is 17.4. The third kappa shape index (κ3) is 5.68. The molecule has 166 valence electrons. The van der Waals surface area contributed by atoms with Crippen LogP contribution < -0.4 is 10.1 Å². The lowest BCUT2D eigenvalue weighted by molar-refractivity contribution is -0.141. The quantitative estimate of drug-likeness (QED) is 0.223. The number of hydrogen-bond donors (Lipinski definition) is 1. The van der Waals surface area contributed by atoms with E-state index in [2.05, 4.69) is 51.7 Å². The van der Waals surface area contributed by atoms with Gasteiger partial charge < -0.3 is 10.1 Å². The number of nitrogens with one attached hydrogen (secondary N) is 1. The predicted molar refractivity (Wildman–Crippen MR) is 127 cm³/mol. The van der Waals surface area contributed by atoms with Gasteiger partial charge in [0.15, 0.2) is 10.8 Å². The molecule has 3 rings (SSSR count). The number of thiazole rings is 1. The van der Waals surface area contributed by atoms with E-state index in [1.165, 1.54) is 0 Å². The fourth-order valence-electron chi connectivity index (χ4n) is 3.24. The Kier molecular flexibility index (Phi) is 7.46. The molecule has 1 atom stereocenters. The maximum atomic E-state index is 13.3. The molecule has 0 amide bonds. The van der Waals surface area contributed by atoms with Crippen LogP contribution in [0.25, 0.3) is 0 Å². The summed E-state index contributed by atoms with van der Waals surface area (Å²) in [6.07, 6.45) is -0.655. The van der Waals surface area contributed by atoms with E-state index in [1.807, 2.05) is 24.3 Å². The maximum absolute atomic E-state index is 13.3. The number of anilines is 2. The van der Waals surface area contributed by atoms with E-state index in [1.54, 1.807) is 25.3 Å². The smallest absolute Gasteiger partial charge is 0.434 e. The summed E-state index contributed by atoms with van der Waals surface area (Å²) in [4.78, 5) is 8.27. The second-order valence-electron chi connectivity index (χ2n) is 7.17. The van der Waals surface area contributed by atoms with E-state index in [0.717, 1.165) is 29.7 Å². The number of rotatable bonds is 8. The highest BCUT2D eigenvalue weighted by Gasteiger charge is 2.37. The molecule has 1 unspecified atom stereocenters. The van der Waals surface area contributed by atoms with Crippen LogP contribution in [-0.2, 0) is 16.0 Å². The van der Waals surface area contributed by atoms with Gasteiger partial charge in [0.05, 0.1) is 0 Å². The molecule has 0 saturated heterocycles. The summed E-state index contributed by atoms with van der Waals surface area (Å²) in [6, 6.07) is 11.2. The number of hydrogen-bond acceptors (Lipinski definition) is 5. The summed E-state index contributed by atoms with van der Waals surface area (Å²) >= 11 is 3.41. The largest absolute Gasteiger partial charge is 0.437 e. The van der Waals surface area contributed by atoms with Crippen molar-refractivity contribution in [1.82, 2.24) is 9.97 Å². The third-order valence-corrected chi connectivity index (χ3v) is 6.91. The highest BCUT2D eigenvalue weighted by atomic mass is 127.